The Morgan fingerprint density at radius 1 is 0.278 bits per heavy atom. The van der Waals surface area contributed by atoms with Gasteiger partial charge in [-0.25, -0.2) is 0 Å². The number of allylic oxidation sites excluding steroid dienone is 11. The molecule has 0 aliphatic rings. The van der Waals surface area contributed by atoms with E-state index in [4.69, 9.17) is 14.2 Å². The molecule has 79 heavy (non-hydrogen) atoms. The topological polar surface area (TPSA) is 78.9 Å². The number of esters is 3. The lowest BCUT2D eigenvalue weighted by Gasteiger charge is -2.18. The van der Waals surface area contributed by atoms with Gasteiger partial charge in [-0.2, -0.15) is 0 Å². The van der Waals surface area contributed by atoms with Crippen molar-refractivity contribution >= 4 is 17.9 Å². The predicted octanol–water partition coefficient (Wildman–Crippen LogP) is 23.7. The van der Waals surface area contributed by atoms with Crippen molar-refractivity contribution in [2.45, 2.75) is 361 Å². The predicted molar refractivity (Wildman–Crippen MR) is 344 cm³/mol. The number of carbonyl (C=O) groups is 3. The summed E-state index contributed by atoms with van der Waals surface area (Å²) in [5.41, 5.74) is 0. The Balaban J connectivity index is 4.24. The fraction of sp³-hybridized carbons (Fsp3) is 0.795. The van der Waals surface area contributed by atoms with Crippen LogP contribution in [-0.4, -0.2) is 37.2 Å². The fourth-order valence-electron chi connectivity index (χ4n) is 10.1. The standard InChI is InChI=1S/C73H130O6/c1-4-7-10-13-16-19-22-25-28-30-31-32-33-34-35-36-37-38-39-40-41-42-43-46-48-51-54-57-60-63-66-72(75)78-69-70(68-77-71(74)65-62-59-56-53-50-47-44-27-24-21-18-15-12-9-6-3)79-73(76)67-64-61-58-55-52-49-45-29-26-23-20-17-14-11-8-5-2/h9,12,18,21,27,29,44-45,50,53,59,62,70H,4-8,10-11,13-17,19-20,22-26,28,30-43,46-49,51-52,54-58,60-61,63-69H2,1-3H3/b12-9-,21-18-,44-27-,45-29-,53-50-,62-59-. The molecule has 0 aliphatic carbocycles. The molecule has 0 saturated heterocycles. The second-order valence-electron chi connectivity index (χ2n) is 23.1. The van der Waals surface area contributed by atoms with Gasteiger partial charge in [0.15, 0.2) is 6.10 Å². The molecular weight excluding hydrogens is 973 g/mol. The molecule has 0 spiro atoms. The van der Waals surface area contributed by atoms with Gasteiger partial charge in [0.25, 0.3) is 0 Å². The van der Waals surface area contributed by atoms with Gasteiger partial charge in [-0.1, -0.05) is 338 Å². The zero-order valence-electron chi connectivity index (χ0n) is 52.6. The van der Waals surface area contributed by atoms with Gasteiger partial charge < -0.3 is 14.2 Å². The first-order valence-electron chi connectivity index (χ1n) is 34.4. The summed E-state index contributed by atoms with van der Waals surface area (Å²) < 4.78 is 16.8. The summed E-state index contributed by atoms with van der Waals surface area (Å²) in [6.45, 7) is 6.48. The van der Waals surface area contributed by atoms with Crippen LogP contribution < -0.4 is 0 Å². The number of hydrogen-bond acceptors (Lipinski definition) is 6. The Morgan fingerprint density at radius 2 is 0.544 bits per heavy atom. The van der Waals surface area contributed by atoms with E-state index < -0.39 is 12.1 Å². The average Bonchev–Trinajstić information content (AvgIpc) is 3.45. The molecule has 0 heterocycles. The maximum Gasteiger partial charge on any atom is 0.309 e. The highest BCUT2D eigenvalue weighted by Crippen LogP contribution is 2.18. The summed E-state index contributed by atoms with van der Waals surface area (Å²) >= 11 is 0. The van der Waals surface area contributed by atoms with Gasteiger partial charge in [-0.15, -0.1) is 0 Å². The molecule has 6 nitrogen and oxygen atoms in total. The van der Waals surface area contributed by atoms with Crippen LogP contribution in [0.5, 0.6) is 0 Å². The maximum absolute atomic E-state index is 12.9. The lowest BCUT2D eigenvalue weighted by molar-refractivity contribution is -0.166. The molecule has 0 aromatic rings. The Hall–Kier alpha value is -3.15. The van der Waals surface area contributed by atoms with Crippen LogP contribution in [-0.2, 0) is 28.6 Å². The van der Waals surface area contributed by atoms with Gasteiger partial charge in [0, 0.05) is 12.8 Å². The van der Waals surface area contributed by atoms with Crippen LogP contribution in [0, 0.1) is 0 Å². The van der Waals surface area contributed by atoms with Crippen molar-refractivity contribution in [3.05, 3.63) is 72.9 Å². The summed E-state index contributed by atoms with van der Waals surface area (Å²) in [6.07, 6.45) is 88.3. The van der Waals surface area contributed by atoms with Crippen LogP contribution in [0.3, 0.4) is 0 Å². The second-order valence-corrected chi connectivity index (χ2v) is 23.1. The second kappa shape index (κ2) is 67.4. The van der Waals surface area contributed by atoms with E-state index in [0.29, 0.717) is 12.8 Å². The fourth-order valence-corrected chi connectivity index (χ4v) is 10.1. The summed E-state index contributed by atoms with van der Waals surface area (Å²) in [7, 11) is 0. The molecule has 0 saturated carbocycles. The lowest BCUT2D eigenvalue weighted by atomic mass is 10.0. The summed E-state index contributed by atoms with van der Waals surface area (Å²) in [4.78, 5) is 38.3. The van der Waals surface area contributed by atoms with Crippen LogP contribution in [0.15, 0.2) is 72.9 Å². The van der Waals surface area contributed by atoms with Crippen LogP contribution in [0.4, 0.5) is 0 Å². The molecule has 0 N–H and O–H groups in total. The third-order valence-electron chi connectivity index (χ3n) is 15.2. The molecule has 1 atom stereocenters. The van der Waals surface area contributed by atoms with Gasteiger partial charge in [-0.3, -0.25) is 14.4 Å². The highest BCUT2D eigenvalue weighted by atomic mass is 16.6. The van der Waals surface area contributed by atoms with Gasteiger partial charge in [-0.05, 0) is 70.6 Å². The Labute approximate surface area is 491 Å². The zero-order valence-corrected chi connectivity index (χ0v) is 52.6. The summed E-state index contributed by atoms with van der Waals surface area (Å²) in [5, 5.41) is 0. The molecule has 0 aromatic carbocycles. The van der Waals surface area contributed by atoms with Crippen molar-refractivity contribution < 1.29 is 28.6 Å². The molecule has 458 valence electrons. The Kier molecular flexibility index (Phi) is 64.7. The van der Waals surface area contributed by atoms with Crippen LogP contribution >= 0.6 is 0 Å². The molecule has 0 fully saturated rings. The number of carbonyl (C=O) groups excluding carboxylic acids is 3. The largest absolute Gasteiger partial charge is 0.462 e. The van der Waals surface area contributed by atoms with E-state index in [1.54, 1.807) is 6.08 Å². The van der Waals surface area contributed by atoms with Crippen LogP contribution in [0.25, 0.3) is 0 Å². The minimum atomic E-state index is -0.819. The highest BCUT2D eigenvalue weighted by Gasteiger charge is 2.19. The zero-order chi connectivity index (χ0) is 57.1. The normalized spacial score (nSPS) is 12.5. The maximum atomic E-state index is 12.9. The van der Waals surface area contributed by atoms with E-state index in [0.717, 1.165) is 83.5 Å². The quantitative estimate of drug-likeness (QED) is 0.0261. The molecular formula is C73H130O6. The van der Waals surface area contributed by atoms with Crippen molar-refractivity contribution in [1.29, 1.82) is 0 Å². The minimum Gasteiger partial charge on any atom is -0.462 e. The Morgan fingerprint density at radius 3 is 0.873 bits per heavy atom. The first kappa shape index (κ1) is 75.8. The monoisotopic (exact) mass is 1100 g/mol. The van der Waals surface area contributed by atoms with E-state index >= 15 is 0 Å². The summed E-state index contributed by atoms with van der Waals surface area (Å²) in [5.74, 6) is -1.03. The van der Waals surface area contributed by atoms with Crippen molar-refractivity contribution in [2.24, 2.45) is 0 Å². The molecule has 0 bridgehead atoms. The number of hydrogen-bond donors (Lipinski definition) is 0. The number of rotatable bonds is 63. The molecule has 0 amide bonds. The van der Waals surface area contributed by atoms with E-state index in [1.807, 2.05) is 6.08 Å². The molecule has 0 aromatic heterocycles. The third kappa shape index (κ3) is 65.5. The number of unbranched alkanes of at least 4 members (excludes halogenated alkanes) is 41. The van der Waals surface area contributed by atoms with Crippen molar-refractivity contribution in [3.63, 3.8) is 0 Å². The first-order valence-corrected chi connectivity index (χ1v) is 34.4. The first-order chi connectivity index (χ1) is 39.0. The molecule has 0 rings (SSSR count). The molecule has 0 radical (unpaired) electrons. The summed E-state index contributed by atoms with van der Waals surface area (Å²) in [6, 6.07) is 0. The Bertz CT molecular complexity index is 1450. The molecule has 1 unspecified atom stereocenters. The highest BCUT2D eigenvalue weighted by molar-refractivity contribution is 5.72. The van der Waals surface area contributed by atoms with E-state index in [2.05, 4.69) is 81.5 Å². The molecule has 0 aliphatic heterocycles. The van der Waals surface area contributed by atoms with Crippen LogP contribution in [0.2, 0.25) is 0 Å². The van der Waals surface area contributed by atoms with Crippen molar-refractivity contribution in [1.82, 2.24) is 0 Å². The van der Waals surface area contributed by atoms with E-state index in [1.165, 1.54) is 231 Å². The minimum absolute atomic E-state index is 0.106. The smallest absolute Gasteiger partial charge is 0.309 e. The van der Waals surface area contributed by atoms with E-state index in [9.17, 15) is 14.4 Å². The number of ether oxygens (including phenoxy) is 3. The molecule has 6 heteroatoms. The van der Waals surface area contributed by atoms with Crippen molar-refractivity contribution in [2.75, 3.05) is 13.2 Å². The van der Waals surface area contributed by atoms with Crippen LogP contribution in [0.1, 0.15) is 355 Å². The van der Waals surface area contributed by atoms with Gasteiger partial charge in [0.05, 0.1) is 6.42 Å². The van der Waals surface area contributed by atoms with Gasteiger partial charge in [0.1, 0.15) is 13.2 Å². The SMILES string of the molecule is CC/C=C\C/C=C\C/C=C\C/C=C\C/C=C\CC(=O)OCC(COC(=O)CCCCCCCCCCCCCCCCCCCCCCCCCCCCCCCC)OC(=O)CCCCCCC/C=C\CCCCCCCCC. The third-order valence-corrected chi connectivity index (χ3v) is 15.2. The lowest BCUT2D eigenvalue weighted by Crippen LogP contribution is -2.30. The van der Waals surface area contributed by atoms with Crippen molar-refractivity contribution in [3.8, 4) is 0 Å². The van der Waals surface area contributed by atoms with E-state index in [-0.39, 0.29) is 31.6 Å². The average molecular weight is 1100 g/mol. The van der Waals surface area contributed by atoms with Gasteiger partial charge >= 0.3 is 17.9 Å². The van der Waals surface area contributed by atoms with Gasteiger partial charge in [0.2, 0.25) is 0 Å².